The molecule has 1 saturated carbocycles. The van der Waals surface area contributed by atoms with Gasteiger partial charge >= 0.3 is 6.09 Å². The van der Waals surface area contributed by atoms with Gasteiger partial charge in [-0.1, -0.05) is 78.7 Å². The molecule has 0 bridgehead atoms. The van der Waals surface area contributed by atoms with E-state index in [1.54, 1.807) is 28.8 Å². The van der Waals surface area contributed by atoms with Crippen LogP contribution < -0.4 is 9.47 Å². The molecule has 65 heavy (non-hydrogen) atoms. The Kier molecular flexibility index (Phi) is 16.2. The fraction of sp³-hybridized carbons (Fsp3) is 0.444. The highest BCUT2D eigenvalue weighted by Crippen LogP contribution is 2.62. The van der Waals surface area contributed by atoms with Crippen molar-refractivity contribution in [2.75, 3.05) is 32.7 Å². The number of thioether (sulfide) groups is 1. The van der Waals surface area contributed by atoms with Crippen LogP contribution in [-0.2, 0) is 20.9 Å². The lowest BCUT2D eigenvalue weighted by Gasteiger charge is -2.60. The third kappa shape index (κ3) is 11.0. The number of hydrogen-bond acceptors (Lipinski definition) is 10. The molecular weight excluding hydrogens is 837 g/mol. The Morgan fingerprint density at radius 3 is 2.40 bits per heavy atom. The Labute approximate surface area is 389 Å². The summed E-state index contributed by atoms with van der Waals surface area (Å²) in [6.45, 7) is 14.6. The van der Waals surface area contributed by atoms with Crippen molar-refractivity contribution >= 4 is 34.3 Å². The maximum absolute atomic E-state index is 15.0. The van der Waals surface area contributed by atoms with E-state index in [0.29, 0.717) is 36.5 Å². The predicted molar refractivity (Wildman–Crippen MR) is 260 cm³/mol. The molecule has 6 atom stereocenters. The number of ether oxygens (including phenoxy) is 4. The van der Waals surface area contributed by atoms with Gasteiger partial charge in [0.15, 0.2) is 0 Å². The quantitative estimate of drug-likeness (QED) is 0.0364. The van der Waals surface area contributed by atoms with Crippen molar-refractivity contribution < 1.29 is 38.8 Å². The molecule has 11 heteroatoms. The van der Waals surface area contributed by atoms with E-state index in [9.17, 15) is 15.0 Å². The zero-order valence-corrected chi connectivity index (χ0v) is 39.3. The van der Waals surface area contributed by atoms with Crippen LogP contribution in [-0.4, -0.2) is 77.0 Å². The van der Waals surface area contributed by atoms with Crippen molar-refractivity contribution in [1.82, 2.24) is 4.90 Å². The second kappa shape index (κ2) is 21.9. The van der Waals surface area contributed by atoms with E-state index in [1.165, 1.54) is 0 Å². The number of oxime groups is 1. The molecular formula is C54H66N2O8S. The number of amides is 1. The maximum atomic E-state index is 15.0. The molecule has 1 aliphatic heterocycles. The minimum atomic E-state index is -1.46. The molecule has 4 aromatic carbocycles. The smallest absolute Gasteiger partial charge is 0.410 e. The fourth-order valence-corrected chi connectivity index (χ4v) is 10.3. The maximum Gasteiger partial charge on any atom is 0.410 e. The lowest BCUT2D eigenvalue weighted by molar-refractivity contribution is -0.256. The largest absolute Gasteiger partial charge is 0.459 e. The number of rotatable bonds is 21. The van der Waals surface area contributed by atoms with Gasteiger partial charge < -0.3 is 34.0 Å². The number of fused-ring (bicyclic) bond motifs is 3. The second-order valence-electron chi connectivity index (χ2n) is 18.2. The Morgan fingerprint density at radius 1 is 0.938 bits per heavy atom. The molecule has 3 aliphatic rings. The molecule has 1 amide bonds. The zero-order chi connectivity index (χ0) is 46.0. The molecule has 10 nitrogen and oxygen atoms in total. The van der Waals surface area contributed by atoms with Gasteiger partial charge in [-0.3, -0.25) is 4.90 Å². The van der Waals surface area contributed by atoms with Gasteiger partial charge in [-0.15, -0.1) is 24.9 Å². The average Bonchev–Trinajstić information content (AvgIpc) is 3.30. The first-order valence-electron chi connectivity index (χ1n) is 23.1. The van der Waals surface area contributed by atoms with Crippen molar-refractivity contribution in [3.05, 3.63) is 133 Å². The van der Waals surface area contributed by atoms with Gasteiger partial charge in [-0.2, -0.15) is 0 Å². The van der Waals surface area contributed by atoms with Gasteiger partial charge in [0.05, 0.1) is 31.4 Å². The van der Waals surface area contributed by atoms with Crippen LogP contribution in [0.2, 0.25) is 0 Å². The number of carbonyl (C=O) groups excluding carboxylic acids is 1. The topological polar surface area (TPSA) is 119 Å². The first-order chi connectivity index (χ1) is 31.5. The number of carbonyl (C=O) groups is 1. The molecule has 0 aromatic heterocycles. The van der Waals surface area contributed by atoms with Crippen LogP contribution in [0.15, 0.2) is 132 Å². The van der Waals surface area contributed by atoms with E-state index >= 15 is 0 Å². The Morgan fingerprint density at radius 2 is 1.68 bits per heavy atom. The van der Waals surface area contributed by atoms with Crippen LogP contribution in [0.3, 0.4) is 0 Å². The monoisotopic (exact) mass is 902 g/mol. The van der Waals surface area contributed by atoms with Crippen molar-refractivity contribution in [2.45, 2.75) is 107 Å². The van der Waals surface area contributed by atoms with Gasteiger partial charge in [0, 0.05) is 36.0 Å². The summed E-state index contributed by atoms with van der Waals surface area (Å²) in [6.07, 6.45) is 12.7. The molecule has 2 N–H and O–H groups in total. The van der Waals surface area contributed by atoms with Gasteiger partial charge in [0.2, 0.25) is 5.79 Å². The van der Waals surface area contributed by atoms with Crippen molar-refractivity contribution in [2.24, 2.45) is 22.9 Å². The van der Waals surface area contributed by atoms with Crippen LogP contribution in [0.25, 0.3) is 10.8 Å². The van der Waals surface area contributed by atoms with Gasteiger partial charge in [-0.05, 0) is 135 Å². The standard InChI is InChI=1S/C54H66N2O8S/c1-7-9-32-60-52(59)56(36-39-20-16-19-37-17-10-11-21-43(37)39)49-35-47(55-64-53(3,4)5)45-33-38(18-12-14-29-57)44(22-13-15-30-58)50-46-34-41(62-40-23-26-42(65-6)27-24-40)25-28-48(46)63-54(49,51(45)50)61-31-8-2/h7-8,10-11,16-17,19-21,23-28,33-34,38,44,49-51,57-58H,1-2,9,12-15,18,22,29-32,35-36H2,3-6H3/t38-,44+,49-,50+,51+,54+/m0/s1. The number of aliphatic hydroxyl groups excluding tert-OH is 2. The lowest BCUT2D eigenvalue weighted by atomic mass is 9.55. The summed E-state index contributed by atoms with van der Waals surface area (Å²) in [7, 11) is 0. The molecule has 7 rings (SSSR count). The number of benzene rings is 4. The normalized spacial score (nSPS) is 22.8. The summed E-state index contributed by atoms with van der Waals surface area (Å²) < 4.78 is 27.4. The molecule has 0 spiro atoms. The van der Waals surface area contributed by atoms with Crippen LogP contribution in [0.1, 0.15) is 89.2 Å². The van der Waals surface area contributed by atoms with Gasteiger partial charge in [0.25, 0.3) is 0 Å². The molecule has 2 aliphatic carbocycles. The van der Waals surface area contributed by atoms with Crippen LogP contribution in [0.4, 0.5) is 4.79 Å². The third-order valence-electron chi connectivity index (χ3n) is 12.7. The van der Waals surface area contributed by atoms with Crippen LogP contribution in [0, 0.1) is 17.8 Å². The van der Waals surface area contributed by atoms with Crippen LogP contribution >= 0.6 is 11.8 Å². The second-order valence-corrected chi connectivity index (χ2v) is 19.1. The molecule has 1 heterocycles. The summed E-state index contributed by atoms with van der Waals surface area (Å²) in [6, 6.07) is 27.6. The van der Waals surface area contributed by atoms with Crippen LogP contribution in [0.5, 0.6) is 17.2 Å². The summed E-state index contributed by atoms with van der Waals surface area (Å²) in [5.41, 5.74) is 2.99. The first-order valence-corrected chi connectivity index (χ1v) is 24.4. The zero-order valence-electron chi connectivity index (χ0n) is 38.5. The number of nitrogens with zero attached hydrogens (tertiary/aromatic N) is 2. The molecule has 0 radical (unpaired) electrons. The van der Waals surface area contributed by atoms with Gasteiger partial charge in [-0.25, -0.2) is 4.79 Å². The Bertz CT molecular complexity index is 2320. The number of aliphatic hydroxyl groups is 2. The summed E-state index contributed by atoms with van der Waals surface area (Å²) in [5.74, 6) is 0.000329. The highest BCUT2D eigenvalue weighted by molar-refractivity contribution is 7.98. The molecule has 0 unspecified atom stereocenters. The Balaban J connectivity index is 1.48. The molecule has 4 aromatic rings. The highest BCUT2D eigenvalue weighted by Gasteiger charge is 2.66. The van der Waals surface area contributed by atoms with Crippen molar-refractivity contribution in [1.29, 1.82) is 0 Å². The van der Waals surface area contributed by atoms with E-state index < -0.39 is 29.4 Å². The lowest BCUT2D eigenvalue weighted by Crippen LogP contribution is -2.70. The van der Waals surface area contributed by atoms with E-state index in [0.717, 1.165) is 63.8 Å². The van der Waals surface area contributed by atoms with E-state index in [2.05, 4.69) is 55.8 Å². The summed E-state index contributed by atoms with van der Waals surface area (Å²) in [5, 5.41) is 27.1. The predicted octanol–water partition coefficient (Wildman–Crippen LogP) is 12.0. The Hall–Kier alpha value is -5.07. The number of hydrogen-bond donors (Lipinski definition) is 2. The van der Waals surface area contributed by atoms with E-state index in [-0.39, 0.29) is 57.1 Å². The van der Waals surface area contributed by atoms with Crippen molar-refractivity contribution in [3.63, 3.8) is 0 Å². The summed E-state index contributed by atoms with van der Waals surface area (Å²) in [4.78, 5) is 24.2. The molecule has 0 saturated heterocycles. The first kappa shape index (κ1) is 47.9. The average molecular weight is 903 g/mol. The van der Waals surface area contributed by atoms with E-state index in [1.807, 2.05) is 75.4 Å². The van der Waals surface area contributed by atoms with Gasteiger partial charge in [0.1, 0.15) is 28.9 Å². The van der Waals surface area contributed by atoms with Crippen molar-refractivity contribution in [3.8, 4) is 17.2 Å². The number of unbranched alkanes of at least 4 members (excludes halogenated alkanes) is 2. The molecule has 346 valence electrons. The SMILES string of the molecule is C=CCCOC(=O)N(Cc1cccc2ccccc12)[C@H]1CC(=NOC(C)(C)C)C2=C[C@H](CCCCO)[C@@H](CCCCO)[C@@H]3c4cc(Oc5ccc(SC)cc5)ccc4O[C@@]1(OCC=C)[C@H]23. The summed E-state index contributed by atoms with van der Waals surface area (Å²) >= 11 is 1.68. The molecule has 1 fully saturated rings. The fourth-order valence-electron chi connectivity index (χ4n) is 9.91. The number of allylic oxidation sites excluding steroid dienone is 1. The third-order valence-corrected chi connectivity index (χ3v) is 13.5. The highest BCUT2D eigenvalue weighted by atomic mass is 32.2. The van der Waals surface area contributed by atoms with E-state index in [4.69, 9.17) is 28.9 Å². The minimum Gasteiger partial charge on any atom is -0.459 e. The minimum absolute atomic E-state index is 0.0501.